The molecule has 0 radical (unpaired) electrons. The molecule has 90 valence electrons. The van der Waals surface area contributed by atoms with E-state index in [1.165, 1.54) is 0 Å². The largest absolute Gasteiger partial charge is 0.287 e. The summed E-state index contributed by atoms with van der Waals surface area (Å²) >= 11 is 5.60. The molecule has 6 heteroatoms. The van der Waals surface area contributed by atoms with Gasteiger partial charge >= 0.3 is 0 Å². The average molecular weight is 280 g/mol. The molecule has 0 saturated carbocycles. The molecule has 1 aromatic carbocycles. The van der Waals surface area contributed by atoms with E-state index >= 15 is 0 Å². The maximum absolute atomic E-state index is 11.9. The Morgan fingerprint density at radius 3 is 2.44 bits per heavy atom. The Labute approximate surface area is 104 Å². The fraction of sp³-hybridized carbons (Fsp3) is 0.400. The van der Waals surface area contributed by atoms with Crippen LogP contribution in [-0.4, -0.2) is 25.8 Å². The third-order valence-corrected chi connectivity index (χ3v) is 6.14. The van der Waals surface area contributed by atoms with Crippen molar-refractivity contribution in [2.24, 2.45) is 3.77 Å². The first-order valence-corrected chi connectivity index (χ1v) is 8.36. The van der Waals surface area contributed by atoms with Crippen molar-refractivity contribution in [3.05, 3.63) is 30.3 Å². The number of rotatable bonds is 5. The van der Waals surface area contributed by atoms with Gasteiger partial charge in [-0.05, 0) is 12.1 Å². The Morgan fingerprint density at radius 1 is 1.31 bits per heavy atom. The molecule has 0 aromatic heterocycles. The highest BCUT2D eigenvalue weighted by atomic mass is 35.5. The van der Waals surface area contributed by atoms with Crippen molar-refractivity contribution in [1.29, 1.82) is 0 Å². The Balaban J connectivity index is 3.04. The molecule has 1 rings (SSSR count). The summed E-state index contributed by atoms with van der Waals surface area (Å²) in [6, 6.07) is 8.26. The number of alkyl halides is 1. The van der Waals surface area contributed by atoms with Gasteiger partial charge in [0.25, 0.3) is 10.0 Å². The monoisotopic (exact) mass is 279 g/mol. The quantitative estimate of drug-likeness (QED) is 0.777. The highest BCUT2D eigenvalue weighted by Crippen LogP contribution is 2.12. The molecule has 0 aliphatic rings. The predicted octanol–water partition coefficient (Wildman–Crippen LogP) is 2.44. The summed E-state index contributed by atoms with van der Waals surface area (Å²) in [5, 5.41) is 0. The van der Waals surface area contributed by atoms with Gasteiger partial charge in [0.15, 0.2) is 0 Å². The van der Waals surface area contributed by atoms with Crippen molar-refractivity contribution < 1.29 is 8.42 Å². The molecule has 1 unspecified atom stereocenters. The second-order valence-electron chi connectivity index (χ2n) is 3.01. The summed E-state index contributed by atoms with van der Waals surface area (Å²) < 4.78 is 27.6. The van der Waals surface area contributed by atoms with Gasteiger partial charge in [0.2, 0.25) is 0 Å². The molecule has 0 aliphatic heterocycles. The predicted molar refractivity (Wildman–Crippen MR) is 69.5 cm³/mol. The Bertz CT molecular complexity index is 457. The highest BCUT2D eigenvalue weighted by molar-refractivity contribution is 8.00. The van der Waals surface area contributed by atoms with E-state index in [-0.39, 0.29) is 4.90 Å². The van der Waals surface area contributed by atoms with E-state index in [1.807, 2.05) is 6.92 Å². The fourth-order valence-corrected chi connectivity index (χ4v) is 4.77. The van der Waals surface area contributed by atoms with E-state index in [9.17, 15) is 8.42 Å². The van der Waals surface area contributed by atoms with Crippen LogP contribution in [0.1, 0.15) is 6.92 Å². The molecule has 16 heavy (non-hydrogen) atoms. The lowest BCUT2D eigenvalue weighted by molar-refractivity contribution is 0.598. The number of benzene rings is 1. The van der Waals surface area contributed by atoms with Crippen LogP contribution >= 0.6 is 11.6 Å². The number of hydrogen-bond acceptors (Lipinski definition) is 2. The third-order valence-electron chi connectivity index (χ3n) is 1.89. The molecule has 0 N–H and O–H groups in total. The van der Waals surface area contributed by atoms with Gasteiger partial charge in [-0.3, -0.25) is 0 Å². The van der Waals surface area contributed by atoms with Gasteiger partial charge < -0.3 is 0 Å². The van der Waals surface area contributed by atoms with Crippen LogP contribution in [-0.2, 0) is 20.7 Å². The van der Waals surface area contributed by atoms with Crippen LogP contribution in [0.4, 0.5) is 0 Å². The van der Waals surface area contributed by atoms with Gasteiger partial charge in [0.05, 0.1) is 4.90 Å². The minimum absolute atomic E-state index is 0.246. The highest BCUT2D eigenvalue weighted by Gasteiger charge is 2.12. The summed E-state index contributed by atoms with van der Waals surface area (Å²) in [4.78, 5) is 0.246. The van der Waals surface area contributed by atoms with Crippen LogP contribution in [0, 0.1) is 0 Å². The van der Waals surface area contributed by atoms with E-state index in [2.05, 4.69) is 3.77 Å². The van der Waals surface area contributed by atoms with Gasteiger partial charge in [-0.1, -0.05) is 35.8 Å². The second-order valence-corrected chi connectivity index (χ2v) is 7.31. The van der Waals surface area contributed by atoms with Crippen molar-refractivity contribution in [3.8, 4) is 0 Å². The number of nitrogens with zero attached hydrogens (tertiary/aromatic N) is 1. The fourth-order valence-electron chi connectivity index (χ4n) is 1.10. The van der Waals surface area contributed by atoms with Crippen molar-refractivity contribution in [2.75, 3.05) is 17.4 Å². The SMILES string of the molecule is CCS(CCCl)=NS(=O)(=O)c1ccccc1. The number of hydrogen-bond donors (Lipinski definition) is 0. The molecule has 0 spiro atoms. The first-order valence-electron chi connectivity index (χ1n) is 4.87. The standard InChI is InChI=1S/C10H14ClNO2S2/c1-2-15(9-8-11)12-16(13,14)10-6-4-3-5-7-10/h3-7H,2,8-9H2,1H3. The van der Waals surface area contributed by atoms with E-state index in [0.717, 1.165) is 0 Å². The van der Waals surface area contributed by atoms with E-state index in [0.29, 0.717) is 17.4 Å². The lowest BCUT2D eigenvalue weighted by Crippen LogP contribution is -2.06. The minimum atomic E-state index is -3.52. The molecule has 1 atom stereocenters. The average Bonchev–Trinajstić information content (AvgIpc) is 2.29. The first-order chi connectivity index (χ1) is 7.60. The van der Waals surface area contributed by atoms with Crippen molar-refractivity contribution in [2.45, 2.75) is 11.8 Å². The van der Waals surface area contributed by atoms with Gasteiger partial charge in [-0.2, -0.15) is 8.42 Å². The van der Waals surface area contributed by atoms with Gasteiger partial charge in [0.1, 0.15) is 0 Å². The summed E-state index contributed by atoms with van der Waals surface area (Å²) in [5.41, 5.74) is 0. The lowest BCUT2D eigenvalue weighted by Gasteiger charge is -2.03. The molecule has 0 heterocycles. The maximum Gasteiger partial charge on any atom is 0.287 e. The zero-order valence-corrected chi connectivity index (χ0v) is 11.4. The van der Waals surface area contributed by atoms with Crippen molar-refractivity contribution >= 4 is 32.3 Å². The zero-order valence-electron chi connectivity index (χ0n) is 8.97. The first kappa shape index (κ1) is 13.7. The van der Waals surface area contributed by atoms with Crippen LogP contribution in [0.15, 0.2) is 39.0 Å². The summed E-state index contributed by atoms with van der Waals surface area (Å²) in [6.45, 7) is 1.92. The van der Waals surface area contributed by atoms with Gasteiger partial charge in [0, 0.05) is 17.4 Å². The molecule has 0 aliphatic carbocycles. The number of sulfonamides is 1. The third kappa shape index (κ3) is 3.88. The van der Waals surface area contributed by atoms with E-state index in [4.69, 9.17) is 11.6 Å². The normalized spacial score (nSPS) is 13.9. The smallest absolute Gasteiger partial charge is 0.199 e. The van der Waals surface area contributed by atoms with E-state index in [1.54, 1.807) is 30.3 Å². The van der Waals surface area contributed by atoms with Crippen LogP contribution in [0.5, 0.6) is 0 Å². The van der Waals surface area contributed by atoms with Crippen molar-refractivity contribution in [3.63, 3.8) is 0 Å². The molecule has 0 bridgehead atoms. The Hall–Kier alpha value is -0.390. The molecular weight excluding hydrogens is 266 g/mol. The van der Waals surface area contributed by atoms with Crippen LogP contribution in [0.3, 0.4) is 0 Å². The van der Waals surface area contributed by atoms with Crippen LogP contribution in [0.2, 0.25) is 0 Å². The summed E-state index contributed by atoms with van der Waals surface area (Å²) in [6.07, 6.45) is 0. The van der Waals surface area contributed by atoms with Crippen LogP contribution in [0.25, 0.3) is 0 Å². The molecule has 1 aromatic rings. The molecule has 0 amide bonds. The van der Waals surface area contributed by atoms with E-state index < -0.39 is 20.7 Å². The number of halogens is 1. The maximum atomic E-state index is 11.9. The Kier molecular flexibility index (Phi) is 5.44. The lowest BCUT2D eigenvalue weighted by atomic mass is 10.4. The molecule has 0 saturated heterocycles. The van der Waals surface area contributed by atoms with Crippen LogP contribution < -0.4 is 0 Å². The Morgan fingerprint density at radius 2 is 1.94 bits per heavy atom. The van der Waals surface area contributed by atoms with Gasteiger partial charge in [-0.25, -0.2) is 0 Å². The summed E-state index contributed by atoms with van der Waals surface area (Å²) in [5.74, 6) is 1.76. The summed E-state index contributed by atoms with van der Waals surface area (Å²) in [7, 11) is -4.01. The molecule has 3 nitrogen and oxygen atoms in total. The minimum Gasteiger partial charge on any atom is -0.199 e. The van der Waals surface area contributed by atoms with Crippen molar-refractivity contribution in [1.82, 2.24) is 0 Å². The second kappa shape index (κ2) is 6.37. The molecule has 0 fully saturated rings. The van der Waals surface area contributed by atoms with Gasteiger partial charge in [-0.15, -0.1) is 15.4 Å². The molecular formula is C10H14ClNO2S2. The topological polar surface area (TPSA) is 46.5 Å². The zero-order chi connectivity index (χ0) is 12.0.